The Labute approximate surface area is 147 Å². The molecule has 1 aliphatic rings. The molecule has 0 amide bonds. The van der Waals surface area contributed by atoms with E-state index in [0.717, 1.165) is 40.8 Å². The second-order valence-electron chi connectivity index (χ2n) is 6.02. The van der Waals surface area contributed by atoms with Gasteiger partial charge in [0, 0.05) is 11.3 Å². The maximum absolute atomic E-state index is 8.44. The molecule has 1 aliphatic carbocycles. The molecule has 1 N–H and O–H groups in total. The van der Waals surface area contributed by atoms with Crippen molar-refractivity contribution in [3.8, 4) is 0 Å². The van der Waals surface area contributed by atoms with Crippen LogP contribution in [0.4, 0.5) is 0 Å². The van der Waals surface area contributed by atoms with Crippen molar-refractivity contribution < 1.29 is 4.74 Å². The number of hydrogen-bond acceptors (Lipinski definition) is 2. The van der Waals surface area contributed by atoms with Crippen LogP contribution < -0.4 is 0 Å². The third-order valence-electron chi connectivity index (χ3n) is 4.50. The van der Waals surface area contributed by atoms with Crippen LogP contribution in [-0.2, 0) is 4.74 Å². The van der Waals surface area contributed by atoms with E-state index in [1.54, 1.807) is 0 Å². The van der Waals surface area contributed by atoms with Gasteiger partial charge in [0.2, 0.25) is 0 Å². The van der Waals surface area contributed by atoms with Gasteiger partial charge >= 0.3 is 0 Å². The molecule has 0 unspecified atom stereocenters. The monoisotopic (exact) mass is 325 g/mol. The van der Waals surface area contributed by atoms with E-state index < -0.39 is 0 Å². The van der Waals surface area contributed by atoms with Gasteiger partial charge in [-0.05, 0) is 82.2 Å². The molecular formula is C22H31NO. The van der Waals surface area contributed by atoms with Crippen LogP contribution in [0.15, 0.2) is 70.1 Å². The molecule has 0 radical (unpaired) electrons. The first kappa shape index (κ1) is 20.0. The average Bonchev–Trinajstić information content (AvgIpc) is 2.94. The molecule has 0 spiro atoms. The van der Waals surface area contributed by atoms with Gasteiger partial charge in [0.15, 0.2) is 0 Å². The van der Waals surface area contributed by atoms with Gasteiger partial charge in [-0.1, -0.05) is 30.9 Å². The van der Waals surface area contributed by atoms with E-state index >= 15 is 0 Å². The van der Waals surface area contributed by atoms with E-state index in [1.165, 1.54) is 11.1 Å². The summed E-state index contributed by atoms with van der Waals surface area (Å²) < 4.78 is 5.57. The number of hydrogen-bond donors (Lipinski definition) is 1. The van der Waals surface area contributed by atoms with Crippen molar-refractivity contribution in [1.29, 1.82) is 5.41 Å². The SMILES string of the molecule is C=C(OCC)/C(C)=C(C)\C(=C/C)C1=C(/C(C)=C/C=C\C)CCC1=N. The Morgan fingerprint density at radius 2 is 1.83 bits per heavy atom. The number of allylic oxidation sites excluding steroid dienone is 10. The van der Waals surface area contributed by atoms with Crippen LogP contribution in [0, 0.1) is 5.41 Å². The molecule has 0 atom stereocenters. The quantitative estimate of drug-likeness (QED) is 0.423. The number of ether oxygens (including phenoxy) is 1. The van der Waals surface area contributed by atoms with Crippen LogP contribution in [-0.4, -0.2) is 12.3 Å². The molecule has 2 nitrogen and oxygen atoms in total. The Morgan fingerprint density at radius 1 is 1.17 bits per heavy atom. The zero-order valence-electron chi connectivity index (χ0n) is 16.0. The summed E-state index contributed by atoms with van der Waals surface area (Å²) in [6.45, 7) is 16.9. The normalized spacial score (nSPS) is 17.7. The molecule has 2 heteroatoms. The molecule has 0 aliphatic heterocycles. The van der Waals surface area contributed by atoms with Crippen LogP contribution in [0.3, 0.4) is 0 Å². The van der Waals surface area contributed by atoms with Crippen LogP contribution >= 0.6 is 0 Å². The molecule has 24 heavy (non-hydrogen) atoms. The van der Waals surface area contributed by atoms with Crippen molar-refractivity contribution in [2.45, 2.75) is 54.4 Å². The summed E-state index contributed by atoms with van der Waals surface area (Å²) >= 11 is 0. The lowest BCUT2D eigenvalue weighted by atomic mass is 9.89. The van der Waals surface area contributed by atoms with Gasteiger partial charge in [-0.25, -0.2) is 0 Å². The third kappa shape index (κ3) is 4.47. The minimum Gasteiger partial charge on any atom is -0.494 e. The van der Waals surface area contributed by atoms with Gasteiger partial charge in [-0.3, -0.25) is 0 Å². The van der Waals surface area contributed by atoms with Gasteiger partial charge in [0.05, 0.1) is 6.61 Å². The highest BCUT2D eigenvalue weighted by atomic mass is 16.5. The molecule has 0 aromatic rings. The first-order valence-corrected chi connectivity index (χ1v) is 8.66. The fourth-order valence-electron chi connectivity index (χ4n) is 2.98. The molecule has 0 aromatic carbocycles. The summed E-state index contributed by atoms with van der Waals surface area (Å²) in [7, 11) is 0. The van der Waals surface area contributed by atoms with Gasteiger partial charge in [-0.2, -0.15) is 0 Å². The van der Waals surface area contributed by atoms with Gasteiger partial charge in [0.1, 0.15) is 5.76 Å². The highest BCUT2D eigenvalue weighted by molar-refractivity contribution is 6.06. The number of nitrogens with one attached hydrogen (secondary N) is 1. The summed E-state index contributed by atoms with van der Waals surface area (Å²) in [5, 5.41) is 8.44. The Balaban J connectivity index is 3.43. The van der Waals surface area contributed by atoms with Crippen molar-refractivity contribution in [3.63, 3.8) is 0 Å². The molecule has 0 fully saturated rings. The molecule has 0 saturated carbocycles. The van der Waals surface area contributed by atoms with E-state index in [4.69, 9.17) is 10.1 Å². The highest BCUT2D eigenvalue weighted by Crippen LogP contribution is 2.37. The summed E-state index contributed by atoms with van der Waals surface area (Å²) in [6, 6.07) is 0. The molecule has 1 rings (SSSR count). The summed E-state index contributed by atoms with van der Waals surface area (Å²) in [5.41, 5.74) is 7.62. The van der Waals surface area contributed by atoms with Crippen molar-refractivity contribution in [2.75, 3.05) is 6.61 Å². The summed E-state index contributed by atoms with van der Waals surface area (Å²) in [6.07, 6.45) is 10.1. The fourth-order valence-corrected chi connectivity index (χ4v) is 2.98. The highest BCUT2D eigenvalue weighted by Gasteiger charge is 2.25. The van der Waals surface area contributed by atoms with E-state index in [-0.39, 0.29) is 0 Å². The zero-order valence-corrected chi connectivity index (χ0v) is 16.0. The Kier molecular flexibility index (Phi) is 7.70. The largest absolute Gasteiger partial charge is 0.494 e. The first-order chi connectivity index (χ1) is 11.4. The first-order valence-electron chi connectivity index (χ1n) is 8.66. The smallest absolute Gasteiger partial charge is 0.115 e. The fraction of sp³-hybridized carbons (Fsp3) is 0.409. The van der Waals surface area contributed by atoms with Crippen LogP contribution in [0.25, 0.3) is 0 Å². The maximum atomic E-state index is 8.44. The standard InChI is InChI=1S/C22H31NO/c1-8-11-12-15(4)20-13-14-21(23)22(20)19(9-2)17(6)16(5)18(7)24-10-3/h8-9,11-12,23H,7,10,13-14H2,1-6H3/b11-8-,15-12+,17-16-,19-9+,23-21?. The minimum absolute atomic E-state index is 0.615. The van der Waals surface area contributed by atoms with E-state index in [2.05, 4.69) is 38.7 Å². The average molecular weight is 325 g/mol. The van der Waals surface area contributed by atoms with Crippen LogP contribution in [0.1, 0.15) is 54.4 Å². The molecule has 0 bridgehead atoms. The zero-order chi connectivity index (χ0) is 18.3. The lowest BCUT2D eigenvalue weighted by molar-refractivity contribution is 0.239. The molecular weight excluding hydrogens is 294 g/mol. The summed E-state index contributed by atoms with van der Waals surface area (Å²) in [5.74, 6) is 0.710. The van der Waals surface area contributed by atoms with Crippen molar-refractivity contribution in [2.24, 2.45) is 0 Å². The Bertz CT molecular complexity index is 666. The predicted octanol–water partition coefficient (Wildman–Crippen LogP) is 6.45. The van der Waals surface area contributed by atoms with Crippen molar-refractivity contribution in [1.82, 2.24) is 0 Å². The predicted molar refractivity (Wildman–Crippen MR) is 105 cm³/mol. The molecule has 0 aromatic heterocycles. The van der Waals surface area contributed by atoms with Crippen molar-refractivity contribution in [3.05, 3.63) is 70.1 Å². The molecule has 130 valence electrons. The number of rotatable bonds is 7. The van der Waals surface area contributed by atoms with Crippen LogP contribution in [0.5, 0.6) is 0 Å². The topological polar surface area (TPSA) is 33.1 Å². The van der Waals surface area contributed by atoms with Crippen molar-refractivity contribution >= 4 is 5.71 Å². The Morgan fingerprint density at radius 3 is 2.38 bits per heavy atom. The lowest BCUT2D eigenvalue weighted by Crippen LogP contribution is -2.04. The third-order valence-corrected chi connectivity index (χ3v) is 4.50. The minimum atomic E-state index is 0.615. The molecule has 0 heterocycles. The van der Waals surface area contributed by atoms with E-state index in [1.807, 2.05) is 33.8 Å². The maximum Gasteiger partial charge on any atom is 0.115 e. The van der Waals surface area contributed by atoms with E-state index in [0.29, 0.717) is 12.4 Å². The van der Waals surface area contributed by atoms with E-state index in [9.17, 15) is 0 Å². The Hall–Kier alpha value is -2.09. The van der Waals surface area contributed by atoms with Gasteiger partial charge in [0.25, 0.3) is 0 Å². The molecule has 0 saturated heterocycles. The second-order valence-corrected chi connectivity index (χ2v) is 6.02. The van der Waals surface area contributed by atoms with Gasteiger partial charge in [-0.15, -0.1) is 0 Å². The van der Waals surface area contributed by atoms with Gasteiger partial charge < -0.3 is 10.1 Å². The lowest BCUT2D eigenvalue weighted by Gasteiger charge is -2.17. The van der Waals surface area contributed by atoms with Crippen LogP contribution in [0.2, 0.25) is 0 Å². The summed E-state index contributed by atoms with van der Waals surface area (Å²) in [4.78, 5) is 0. The second kappa shape index (κ2) is 9.27.